The normalized spacial score (nSPS) is 11.1. The van der Waals surface area contributed by atoms with E-state index in [9.17, 15) is 13.2 Å². The van der Waals surface area contributed by atoms with Crippen molar-refractivity contribution in [3.05, 3.63) is 88.4 Å². The second kappa shape index (κ2) is 9.85. The summed E-state index contributed by atoms with van der Waals surface area (Å²) >= 11 is 5.83. The van der Waals surface area contributed by atoms with E-state index in [1.54, 1.807) is 37.3 Å². The molecule has 6 nitrogen and oxygen atoms in total. The Labute approximate surface area is 187 Å². The monoisotopic (exact) mass is 458 g/mol. The largest absolute Gasteiger partial charge is 0.484 e. The molecule has 2 N–H and O–H groups in total. The van der Waals surface area contributed by atoms with Crippen LogP contribution in [-0.4, -0.2) is 20.9 Å². The molecule has 0 spiro atoms. The number of hydrogen-bond acceptors (Lipinski definition) is 4. The topological polar surface area (TPSA) is 84.5 Å². The lowest BCUT2D eigenvalue weighted by molar-refractivity contribution is -0.123. The van der Waals surface area contributed by atoms with E-state index >= 15 is 0 Å². The molecule has 0 radical (unpaired) electrons. The highest BCUT2D eigenvalue weighted by Gasteiger charge is 2.16. The SMILES string of the molecule is Cc1cccc(CNC(=O)COc2ccc(S(=O)(=O)Nc3ccc(Cl)cc3)cc2C)c1. The van der Waals surface area contributed by atoms with Gasteiger partial charge in [0.2, 0.25) is 0 Å². The highest BCUT2D eigenvalue weighted by Crippen LogP contribution is 2.24. The van der Waals surface area contributed by atoms with Crippen molar-refractivity contribution in [1.29, 1.82) is 0 Å². The van der Waals surface area contributed by atoms with Gasteiger partial charge < -0.3 is 10.1 Å². The number of anilines is 1. The second-order valence-corrected chi connectivity index (χ2v) is 9.21. The van der Waals surface area contributed by atoms with Gasteiger partial charge in [-0.1, -0.05) is 41.4 Å². The molecule has 0 saturated carbocycles. The van der Waals surface area contributed by atoms with E-state index in [-0.39, 0.29) is 17.4 Å². The number of halogens is 1. The maximum Gasteiger partial charge on any atom is 0.261 e. The molecule has 8 heteroatoms. The standard InChI is InChI=1S/C23H23ClN2O4S/c1-16-4-3-5-18(12-16)14-25-23(27)15-30-22-11-10-21(13-17(22)2)31(28,29)26-20-8-6-19(24)7-9-20/h3-13,26H,14-15H2,1-2H3,(H,25,27). The Morgan fingerprint density at radius 3 is 2.42 bits per heavy atom. The highest BCUT2D eigenvalue weighted by atomic mass is 35.5. The number of hydrogen-bond donors (Lipinski definition) is 2. The second-order valence-electron chi connectivity index (χ2n) is 7.09. The van der Waals surface area contributed by atoms with Gasteiger partial charge in [-0.3, -0.25) is 9.52 Å². The molecule has 162 valence electrons. The number of benzene rings is 3. The van der Waals surface area contributed by atoms with Crippen molar-refractivity contribution in [2.45, 2.75) is 25.3 Å². The first-order chi connectivity index (χ1) is 14.7. The fourth-order valence-corrected chi connectivity index (χ4v) is 4.17. The Morgan fingerprint density at radius 2 is 1.74 bits per heavy atom. The summed E-state index contributed by atoms with van der Waals surface area (Å²) in [5, 5.41) is 3.32. The maximum absolute atomic E-state index is 12.6. The first-order valence-electron chi connectivity index (χ1n) is 9.57. The fraction of sp³-hybridized carbons (Fsp3) is 0.174. The van der Waals surface area contributed by atoms with Crippen LogP contribution in [0, 0.1) is 13.8 Å². The Kier molecular flexibility index (Phi) is 7.20. The van der Waals surface area contributed by atoms with Crippen molar-refractivity contribution in [3.63, 3.8) is 0 Å². The molecule has 3 aromatic rings. The van der Waals surface area contributed by atoms with Crippen molar-refractivity contribution in [3.8, 4) is 5.75 Å². The molecular weight excluding hydrogens is 436 g/mol. The summed E-state index contributed by atoms with van der Waals surface area (Å²) in [6.45, 7) is 3.96. The minimum absolute atomic E-state index is 0.0937. The quantitative estimate of drug-likeness (QED) is 0.522. The maximum atomic E-state index is 12.6. The summed E-state index contributed by atoms with van der Waals surface area (Å²) in [6.07, 6.45) is 0. The van der Waals surface area contributed by atoms with Crippen LogP contribution >= 0.6 is 11.6 Å². The van der Waals surface area contributed by atoms with Crippen LogP contribution in [0.5, 0.6) is 5.75 Å². The van der Waals surface area contributed by atoms with E-state index in [0.29, 0.717) is 28.6 Å². The molecule has 1 amide bonds. The Balaban J connectivity index is 1.58. The summed E-state index contributed by atoms with van der Waals surface area (Å²) < 4.78 is 33.3. The lowest BCUT2D eigenvalue weighted by Gasteiger charge is -2.12. The number of aryl methyl sites for hydroxylation is 2. The Morgan fingerprint density at radius 1 is 1.00 bits per heavy atom. The molecule has 0 saturated heterocycles. The Bertz CT molecular complexity index is 1180. The summed E-state index contributed by atoms with van der Waals surface area (Å²) in [5.41, 5.74) is 3.14. The first-order valence-corrected chi connectivity index (χ1v) is 11.4. The molecule has 3 rings (SSSR count). The minimum atomic E-state index is -3.77. The Hall–Kier alpha value is -3.03. The molecule has 0 heterocycles. The third-order valence-corrected chi connectivity index (χ3v) is 6.12. The van der Waals surface area contributed by atoms with E-state index < -0.39 is 10.0 Å². The predicted octanol–water partition coefficient (Wildman–Crippen LogP) is 4.45. The van der Waals surface area contributed by atoms with Gasteiger partial charge in [-0.15, -0.1) is 0 Å². The summed E-state index contributed by atoms with van der Waals surface area (Å²) in [7, 11) is -3.77. The molecule has 0 aromatic heterocycles. The van der Waals surface area contributed by atoms with Gasteiger partial charge in [0.1, 0.15) is 5.75 Å². The number of amides is 1. The number of carbonyl (C=O) groups excluding carboxylic acids is 1. The molecule has 0 fully saturated rings. The zero-order valence-corrected chi connectivity index (χ0v) is 18.8. The van der Waals surface area contributed by atoms with Crippen molar-refractivity contribution >= 4 is 33.2 Å². The number of carbonyl (C=O) groups is 1. The minimum Gasteiger partial charge on any atom is -0.484 e. The highest BCUT2D eigenvalue weighted by molar-refractivity contribution is 7.92. The van der Waals surface area contributed by atoms with Crippen LogP contribution in [0.15, 0.2) is 71.6 Å². The van der Waals surface area contributed by atoms with Crippen LogP contribution in [0.1, 0.15) is 16.7 Å². The third kappa shape index (κ3) is 6.47. The lowest BCUT2D eigenvalue weighted by Crippen LogP contribution is -2.28. The zero-order chi connectivity index (χ0) is 22.4. The van der Waals surface area contributed by atoms with Gasteiger partial charge in [-0.05, 0) is 67.4 Å². The van der Waals surface area contributed by atoms with Gasteiger partial charge in [0, 0.05) is 17.3 Å². The zero-order valence-electron chi connectivity index (χ0n) is 17.2. The molecule has 0 unspecified atom stereocenters. The predicted molar refractivity (Wildman–Crippen MR) is 122 cm³/mol. The van der Waals surface area contributed by atoms with Gasteiger partial charge in [0.05, 0.1) is 4.90 Å². The molecule has 0 aliphatic rings. The molecule has 31 heavy (non-hydrogen) atoms. The van der Waals surface area contributed by atoms with Crippen LogP contribution in [0.25, 0.3) is 0 Å². The molecular formula is C23H23ClN2O4S. The van der Waals surface area contributed by atoms with E-state index in [1.807, 2.05) is 31.2 Å². The van der Waals surface area contributed by atoms with Gasteiger partial charge in [0.25, 0.3) is 15.9 Å². The van der Waals surface area contributed by atoms with E-state index in [1.165, 1.54) is 12.1 Å². The number of rotatable bonds is 8. The van der Waals surface area contributed by atoms with Crippen molar-refractivity contribution in [2.75, 3.05) is 11.3 Å². The van der Waals surface area contributed by atoms with Crippen molar-refractivity contribution in [1.82, 2.24) is 5.32 Å². The summed E-state index contributed by atoms with van der Waals surface area (Å²) in [6, 6.07) is 18.7. The summed E-state index contributed by atoms with van der Waals surface area (Å²) in [4.78, 5) is 12.2. The van der Waals surface area contributed by atoms with E-state index in [4.69, 9.17) is 16.3 Å². The summed E-state index contributed by atoms with van der Waals surface area (Å²) in [5.74, 6) is 0.179. The van der Waals surface area contributed by atoms with Crippen LogP contribution in [-0.2, 0) is 21.4 Å². The number of sulfonamides is 1. The average Bonchev–Trinajstić information content (AvgIpc) is 2.73. The van der Waals surface area contributed by atoms with E-state index in [0.717, 1.165) is 11.1 Å². The van der Waals surface area contributed by atoms with Crippen LogP contribution < -0.4 is 14.8 Å². The molecule has 0 aliphatic carbocycles. The van der Waals surface area contributed by atoms with Gasteiger partial charge in [-0.2, -0.15) is 0 Å². The molecule has 0 bridgehead atoms. The average molecular weight is 459 g/mol. The van der Waals surface area contributed by atoms with Gasteiger partial charge in [-0.25, -0.2) is 8.42 Å². The van der Waals surface area contributed by atoms with Gasteiger partial charge >= 0.3 is 0 Å². The van der Waals surface area contributed by atoms with Gasteiger partial charge in [0.15, 0.2) is 6.61 Å². The number of ether oxygens (including phenoxy) is 1. The fourth-order valence-electron chi connectivity index (χ4n) is 2.90. The van der Waals surface area contributed by atoms with Crippen LogP contribution in [0.4, 0.5) is 5.69 Å². The first kappa shape index (κ1) is 22.7. The smallest absolute Gasteiger partial charge is 0.261 e. The third-order valence-electron chi connectivity index (χ3n) is 4.48. The van der Waals surface area contributed by atoms with Crippen molar-refractivity contribution in [2.24, 2.45) is 0 Å². The van der Waals surface area contributed by atoms with E-state index in [2.05, 4.69) is 10.0 Å². The van der Waals surface area contributed by atoms with Crippen LogP contribution in [0.2, 0.25) is 5.02 Å². The lowest BCUT2D eigenvalue weighted by atomic mass is 10.1. The number of nitrogens with one attached hydrogen (secondary N) is 2. The molecule has 0 aliphatic heterocycles. The van der Waals surface area contributed by atoms with Crippen molar-refractivity contribution < 1.29 is 17.9 Å². The van der Waals surface area contributed by atoms with Crippen LogP contribution in [0.3, 0.4) is 0 Å². The molecule has 3 aromatic carbocycles. The molecule has 0 atom stereocenters.